The molecule has 0 saturated heterocycles. The average Bonchev–Trinajstić information content (AvgIpc) is 2.24. The predicted molar refractivity (Wildman–Crippen MR) is 69.0 cm³/mol. The summed E-state index contributed by atoms with van der Waals surface area (Å²) in [4.78, 5) is 3.89. The Hall–Kier alpha value is -0.960. The Labute approximate surface area is 108 Å². The largest absolute Gasteiger partial charge is 0.353 e. The van der Waals surface area contributed by atoms with Gasteiger partial charge in [-0.15, -0.1) is 0 Å². The fourth-order valence-corrected chi connectivity index (χ4v) is 1.91. The summed E-state index contributed by atoms with van der Waals surface area (Å²) < 4.78 is 0. The molecule has 2 aromatic rings. The molecule has 16 heavy (non-hydrogen) atoms. The monoisotopic (exact) mass is 272 g/mol. The molecule has 0 bridgehead atoms. The number of rotatable bonds is 2. The van der Waals surface area contributed by atoms with Crippen molar-refractivity contribution in [3.63, 3.8) is 0 Å². The lowest BCUT2D eigenvalue weighted by Crippen LogP contribution is -1.92. The molecule has 1 heterocycles. The van der Waals surface area contributed by atoms with Crippen LogP contribution in [-0.4, -0.2) is 4.98 Å². The van der Waals surface area contributed by atoms with Crippen molar-refractivity contribution in [1.29, 1.82) is 0 Å². The number of hydrogen-bond acceptors (Lipinski definition) is 2. The van der Waals surface area contributed by atoms with Gasteiger partial charge in [0.1, 0.15) is 5.15 Å². The quantitative estimate of drug-likeness (QED) is 0.796. The summed E-state index contributed by atoms with van der Waals surface area (Å²) in [6.45, 7) is 0. The zero-order chi connectivity index (χ0) is 11.5. The van der Waals surface area contributed by atoms with E-state index < -0.39 is 0 Å². The highest BCUT2D eigenvalue weighted by atomic mass is 35.5. The first-order chi connectivity index (χ1) is 7.66. The lowest BCUT2D eigenvalue weighted by molar-refractivity contribution is 1.32. The molecule has 0 aliphatic carbocycles. The highest BCUT2D eigenvalue weighted by Gasteiger charge is 2.05. The van der Waals surface area contributed by atoms with Crippen molar-refractivity contribution in [1.82, 2.24) is 4.98 Å². The van der Waals surface area contributed by atoms with Crippen LogP contribution in [0.4, 0.5) is 11.4 Å². The zero-order valence-corrected chi connectivity index (χ0v) is 10.3. The molecule has 0 saturated carbocycles. The molecule has 1 aromatic carbocycles. The number of para-hydroxylation sites is 1. The van der Waals surface area contributed by atoms with Crippen molar-refractivity contribution in [2.45, 2.75) is 0 Å². The number of hydrogen-bond donors (Lipinski definition) is 1. The van der Waals surface area contributed by atoms with Crippen molar-refractivity contribution in [2.75, 3.05) is 5.32 Å². The van der Waals surface area contributed by atoms with E-state index in [1.54, 1.807) is 36.5 Å². The fraction of sp³-hybridized carbons (Fsp3) is 0. The first kappa shape index (κ1) is 11.5. The van der Waals surface area contributed by atoms with E-state index in [1.165, 1.54) is 0 Å². The molecular weight excluding hydrogens is 266 g/mol. The minimum absolute atomic E-state index is 0.410. The van der Waals surface area contributed by atoms with Gasteiger partial charge in [-0.2, -0.15) is 0 Å². The topological polar surface area (TPSA) is 24.9 Å². The van der Waals surface area contributed by atoms with Gasteiger partial charge >= 0.3 is 0 Å². The van der Waals surface area contributed by atoms with E-state index in [1.807, 2.05) is 0 Å². The Kier molecular flexibility index (Phi) is 3.54. The Morgan fingerprint density at radius 3 is 2.31 bits per heavy atom. The van der Waals surface area contributed by atoms with E-state index in [2.05, 4.69) is 10.3 Å². The third-order valence-corrected chi connectivity index (χ3v) is 2.80. The maximum Gasteiger partial charge on any atom is 0.131 e. The number of anilines is 2. The van der Waals surface area contributed by atoms with E-state index in [0.717, 1.165) is 5.69 Å². The molecule has 2 rings (SSSR count). The molecule has 2 nitrogen and oxygen atoms in total. The first-order valence-electron chi connectivity index (χ1n) is 4.49. The Balaban J connectivity index is 2.34. The minimum Gasteiger partial charge on any atom is -0.353 e. The van der Waals surface area contributed by atoms with Crippen LogP contribution in [0.1, 0.15) is 0 Å². The maximum atomic E-state index is 6.02. The summed E-state index contributed by atoms with van der Waals surface area (Å²) in [6, 6.07) is 8.79. The number of pyridine rings is 1. The first-order valence-corrected chi connectivity index (χ1v) is 5.63. The van der Waals surface area contributed by atoms with Crippen molar-refractivity contribution >= 4 is 46.2 Å². The average molecular weight is 274 g/mol. The number of benzene rings is 1. The van der Waals surface area contributed by atoms with Crippen molar-refractivity contribution in [2.24, 2.45) is 0 Å². The van der Waals surface area contributed by atoms with Crippen LogP contribution in [0, 0.1) is 0 Å². The van der Waals surface area contributed by atoms with Crippen LogP contribution in [0.3, 0.4) is 0 Å². The number of aromatic nitrogens is 1. The number of nitrogens with zero attached hydrogens (tertiary/aromatic N) is 1. The van der Waals surface area contributed by atoms with Crippen LogP contribution < -0.4 is 5.32 Å². The van der Waals surface area contributed by atoms with E-state index in [4.69, 9.17) is 34.8 Å². The second kappa shape index (κ2) is 4.91. The molecule has 0 unspecified atom stereocenters. The third-order valence-electron chi connectivity index (χ3n) is 1.96. The van der Waals surface area contributed by atoms with Crippen molar-refractivity contribution < 1.29 is 0 Å². The number of nitrogens with one attached hydrogen (secondary N) is 1. The van der Waals surface area contributed by atoms with Crippen LogP contribution in [0.2, 0.25) is 15.2 Å². The second-order valence-corrected chi connectivity index (χ2v) is 4.29. The molecule has 0 aliphatic heterocycles. The molecule has 0 atom stereocenters. The smallest absolute Gasteiger partial charge is 0.131 e. The van der Waals surface area contributed by atoms with Gasteiger partial charge in [0.25, 0.3) is 0 Å². The van der Waals surface area contributed by atoms with E-state index in [9.17, 15) is 0 Å². The van der Waals surface area contributed by atoms with E-state index in [-0.39, 0.29) is 0 Å². The summed E-state index contributed by atoms with van der Waals surface area (Å²) in [7, 11) is 0. The Morgan fingerprint density at radius 1 is 1.00 bits per heavy atom. The zero-order valence-electron chi connectivity index (χ0n) is 8.05. The van der Waals surface area contributed by atoms with E-state index in [0.29, 0.717) is 20.9 Å². The van der Waals surface area contributed by atoms with Gasteiger partial charge in [0.2, 0.25) is 0 Å². The van der Waals surface area contributed by atoms with Gasteiger partial charge in [-0.05, 0) is 24.3 Å². The van der Waals surface area contributed by atoms with Crippen LogP contribution in [0.5, 0.6) is 0 Å². The molecule has 1 aromatic heterocycles. The van der Waals surface area contributed by atoms with Gasteiger partial charge in [0.05, 0.1) is 15.7 Å². The highest BCUT2D eigenvalue weighted by Crippen LogP contribution is 2.32. The standard InChI is InChI=1S/C11H7Cl3N2/c12-8-2-1-3-9(13)11(8)16-7-4-5-15-10(14)6-7/h1-6H,(H,15,16). The SMILES string of the molecule is Clc1cc(Nc2c(Cl)cccc2Cl)ccn1. The molecule has 82 valence electrons. The maximum absolute atomic E-state index is 6.02. The minimum atomic E-state index is 0.410. The van der Waals surface area contributed by atoms with Gasteiger partial charge in [-0.1, -0.05) is 40.9 Å². The summed E-state index contributed by atoms with van der Waals surface area (Å²) in [5.74, 6) is 0. The lowest BCUT2D eigenvalue weighted by Gasteiger charge is -2.09. The van der Waals surface area contributed by atoms with E-state index >= 15 is 0 Å². The van der Waals surface area contributed by atoms with Crippen LogP contribution in [0.15, 0.2) is 36.5 Å². The Bertz CT molecular complexity index is 494. The summed E-state index contributed by atoms with van der Waals surface area (Å²) >= 11 is 17.8. The molecule has 0 amide bonds. The van der Waals surface area contributed by atoms with Crippen LogP contribution in [-0.2, 0) is 0 Å². The third kappa shape index (κ3) is 2.59. The molecule has 1 N–H and O–H groups in total. The molecule has 0 spiro atoms. The second-order valence-electron chi connectivity index (χ2n) is 3.09. The molecule has 0 radical (unpaired) electrons. The van der Waals surface area contributed by atoms with Gasteiger partial charge in [-0.3, -0.25) is 0 Å². The summed E-state index contributed by atoms with van der Waals surface area (Å²) in [5.41, 5.74) is 1.45. The molecule has 0 aliphatic rings. The van der Waals surface area contributed by atoms with Crippen LogP contribution in [0.25, 0.3) is 0 Å². The molecule has 5 heteroatoms. The fourth-order valence-electron chi connectivity index (χ4n) is 1.24. The lowest BCUT2D eigenvalue weighted by atomic mass is 10.3. The van der Waals surface area contributed by atoms with Gasteiger partial charge in [0, 0.05) is 11.9 Å². The Morgan fingerprint density at radius 2 is 1.69 bits per heavy atom. The normalized spacial score (nSPS) is 10.2. The number of halogens is 3. The van der Waals surface area contributed by atoms with Crippen molar-refractivity contribution in [3.8, 4) is 0 Å². The van der Waals surface area contributed by atoms with Gasteiger partial charge < -0.3 is 5.32 Å². The van der Waals surface area contributed by atoms with Gasteiger partial charge in [0.15, 0.2) is 0 Å². The predicted octanol–water partition coefficient (Wildman–Crippen LogP) is 4.79. The van der Waals surface area contributed by atoms with Crippen LogP contribution >= 0.6 is 34.8 Å². The van der Waals surface area contributed by atoms with Crippen molar-refractivity contribution in [3.05, 3.63) is 51.7 Å². The molecular formula is C11H7Cl3N2. The highest BCUT2D eigenvalue weighted by molar-refractivity contribution is 6.39. The molecule has 0 fully saturated rings. The van der Waals surface area contributed by atoms with Gasteiger partial charge in [-0.25, -0.2) is 4.98 Å². The summed E-state index contributed by atoms with van der Waals surface area (Å²) in [6.07, 6.45) is 1.61. The summed E-state index contributed by atoms with van der Waals surface area (Å²) in [5, 5.41) is 4.62.